The van der Waals surface area contributed by atoms with Crippen LogP contribution in [0.5, 0.6) is 5.75 Å². The van der Waals surface area contributed by atoms with Gasteiger partial charge in [0.1, 0.15) is 5.75 Å². The second kappa shape index (κ2) is 3.01. The number of rotatable bonds is 2. The number of carbonyl (C=O) groups is 1. The van der Waals surface area contributed by atoms with Gasteiger partial charge in [-0.1, -0.05) is 6.07 Å². The molecular formula is C8H7O2. The normalized spacial score (nSPS) is 8.90. The maximum atomic E-state index is 10.3. The fourth-order valence-electron chi connectivity index (χ4n) is 0.707. The molecule has 1 radical (unpaired) electrons. The smallest absolute Gasteiger partial charge is 0.153 e. The van der Waals surface area contributed by atoms with Crippen molar-refractivity contribution in [2.45, 2.75) is 0 Å². The highest BCUT2D eigenvalue weighted by Crippen LogP contribution is 2.13. The summed E-state index contributed by atoms with van der Waals surface area (Å²) in [6.45, 7) is 0. The summed E-state index contributed by atoms with van der Waals surface area (Å²) in [5.74, 6) is 0.591. The predicted molar refractivity (Wildman–Crippen MR) is 37.2 cm³/mol. The van der Waals surface area contributed by atoms with Crippen molar-refractivity contribution >= 4 is 6.29 Å². The van der Waals surface area contributed by atoms with E-state index < -0.39 is 0 Å². The molecule has 0 aliphatic heterocycles. The number of aldehydes is 1. The fraction of sp³-hybridized carbons (Fsp3) is 0.125. The SMILES string of the molecule is COc1cc[c]cc1C=O. The minimum Gasteiger partial charge on any atom is -0.496 e. The third-order valence-corrected chi connectivity index (χ3v) is 1.20. The Kier molecular flexibility index (Phi) is 2.05. The fourth-order valence-corrected chi connectivity index (χ4v) is 0.707. The Morgan fingerprint density at radius 1 is 1.70 bits per heavy atom. The first-order chi connectivity index (χ1) is 4.88. The van der Waals surface area contributed by atoms with Crippen LogP contribution < -0.4 is 4.74 Å². The molecule has 0 aromatic heterocycles. The lowest BCUT2D eigenvalue weighted by Crippen LogP contribution is -1.88. The van der Waals surface area contributed by atoms with Crippen molar-refractivity contribution in [1.82, 2.24) is 0 Å². The number of ether oxygens (including phenoxy) is 1. The van der Waals surface area contributed by atoms with E-state index in [1.165, 1.54) is 7.11 Å². The first-order valence-electron chi connectivity index (χ1n) is 2.87. The second-order valence-corrected chi connectivity index (χ2v) is 1.79. The lowest BCUT2D eigenvalue weighted by molar-refractivity contribution is 0.112. The van der Waals surface area contributed by atoms with Crippen LogP contribution in [-0.2, 0) is 0 Å². The number of hydrogen-bond acceptors (Lipinski definition) is 2. The molecule has 0 spiro atoms. The molecule has 0 fully saturated rings. The quantitative estimate of drug-likeness (QED) is 0.571. The van der Waals surface area contributed by atoms with Crippen molar-refractivity contribution in [2.24, 2.45) is 0 Å². The van der Waals surface area contributed by atoms with Crippen molar-refractivity contribution in [3.8, 4) is 5.75 Å². The predicted octanol–water partition coefficient (Wildman–Crippen LogP) is 1.31. The molecule has 0 saturated heterocycles. The summed E-state index contributed by atoms with van der Waals surface area (Å²) in [7, 11) is 1.53. The van der Waals surface area contributed by atoms with Crippen molar-refractivity contribution in [2.75, 3.05) is 7.11 Å². The monoisotopic (exact) mass is 135 g/mol. The minimum absolute atomic E-state index is 0.532. The number of benzene rings is 1. The summed E-state index contributed by atoms with van der Waals surface area (Å²) in [6.07, 6.45) is 0.745. The Morgan fingerprint density at radius 3 is 3.00 bits per heavy atom. The van der Waals surface area contributed by atoms with Gasteiger partial charge < -0.3 is 4.74 Å². The van der Waals surface area contributed by atoms with E-state index in [-0.39, 0.29) is 0 Å². The highest BCUT2D eigenvalue weighted by atomic mass is 16.5. The van der Waals surface area contributed by atoms with Gasteiger partial charge in [-0.3, -0.25) is 4.79 Å². The summed E-state index contributed by atoms with van der Waals surface area (Å²) in [5.41, 5.74) is 0.532. The summed E-state index contributed by atoms with van der Waals surface area (Å²) in [5, 5.41) is 0. The molecule has 2 heteroatoms. The van der Waals surface area contributed by atoms with Gasteiger partial charge in [-0.15, -0.1) is 0 Å². The molecule has 0 saturated carbocycles. The Bertz CT molecular complexity index is 230. The Labute approximate surface area is 59.4 Å². The lowest BCUT2D eigenvalue weighted by atomic mass is 10.2. The summed E-state index contributed by atoms with van der Waals surface area (Å²) >= 11 is 0. The molecule has 10 heavy (non-hydrogen) atoms. The summed E-state index contributed by atoms with van der Waals surface area (Å²) in [6, 6.07) is 7.76. The molecule has 2 nitrogen and oxygen atoms in total. The molecule has 0 N–H and O–H groups in total. The van der Waals surface area contributed by atoms with E-state index >= 15 is 0 Å². The zero-order chi connectivity index (χ0) is 7.40. The maximum absolute atomic E-state index is 10.3. The van der Waals surface area contributed by atoms with Crippen LogP contribution in [0, 0.1) is 6.07 Å². The van der Waals surface area contributed by atoms with E-state index in [0.717, 1.165) is 6.29 Å². The van der Waals surface area contributed by atoms with E-state index in [1.807, 2.05) is 0 Å². The van der Waals surface area contributed by atoms with E-state index in [4.69, 9.17) is 4.74 Å². The third-order valence-electron chi connectivity index (χ3n) is 1.20. The Hall–Kier alpha value is -1.31. The van der Waals surface area contributed by atoms with Crippen LogP contribution in [0.1, 0.15) is 10.4 Å². The van der Waals surface area contributed by atoms with Crippen LogP contribution in [0.3, 0.4) is 0 Å². The molecule has 0 bridgehead atoms. The van der Waals surface area contributed by atoms with Crippen LogP contribution in [0.2, 0.25) is 0 Å². The van der Waals surface area contributed by atoms with Crippen molar-refractivity contribution in [1.29, 1.82) is 0 Å². The molecule has 0 aliphatic rings. The molecule has 1 aromatic carbocycles. The van der Waals surface area contributed by atoms with Gasteiger partial charge in [-0.25, -0.2) is 0 Å². The first kappa shape index (κ1) is 6.81. The average molecular weight is 135 g/mol. The molecule has 0 aliphatic carbocycles. The average Bonchev–Trinajstić information content (AvgIpc) is 2.04. The molecular weight excluding hydrogens is 128 g/mol. The Morgan fingerprint density at radius 2 is 2.50 bits per heavy atom. The summed E-state index contributed by atoms with van der Waals surface area (Å²) in [4.78, 5) is 10.3. The van der Waals surface area contributed by atoms with Gasteiger partial charge >= 0.3 is 0 Å². The number of carbonyl (C=O) groups excluding carboxylic acids is 1. The van der Waals surface area contributed by atoms with Crippen LogP contribution in [0.4, 0.5) is 0 Å². The second-order valence-electron chi connectivity index (χ2n) is 1.79. The topological polar surface area (TPSA) is 26.3 Å². The van der Waals surface area contributed by atoms with E-state index in [9.17, 15) is 4.79 Å². The lowest BCUT2D eigenvalue weighted by Gasteiger charge is -1.99. The summed E-state index contributed by atoms with van der Waals surface area (Å²) < 4.78 is 4.88. The van der Waals surface area contributed by atoms with Gasteiger partial charge in [0, 0.05) is 0 Å². The maximum Gasteiger partial charge on any atom is 0.153 e. The van der Waals surface area contributed by atoms with Gasteiger partial charge in [-0.05, 0) is 18.2 Å². The zero-order valence-corrected chi connectivity index (χ0v) is 5.63. The molecule has 0 unspecified atom stereocenters. The van der Waals surface area contributed by atoms with Crippen molar-refractivity contribution < 1.29 is 9.53 Å². The van der Waals surface area contributed by atoms with Crippen LogP contribution in [0.25, 0.3) is 0 Å². The molecule has 0 heterocycles. The Balaban J connectivity index is 3.08. The van der Waals surface area contributed by atoms with Crippen molar-refractivity contribution in [3.63, 3.8) is 0 Å². The molecule has 51 valence electrons. The molecule has 1 rings (SSSR count). The third kappa shape index (κ3) is 1.16. The van der Waals surface area contributed by atoms with Gasteiger partial charge in [0.2, 0.25) is 0 Å². The first-order valence-corrected chi connectivity index (χ1v) is 2.87. The van der Waals surface area contributed by atoms with E-state index in [1.54, 1.807) is 18.2 Å². The van der Waals surface area contributed by atoms with Crippen LogP contribution >= 0.6 is 0 Å². The van der Waals surface area contributed by atoms with Gasteiger partial charge in [0.25, 0.3) is 0 Å². The highest BCUT2D eigenvalue weighted by molar-refractivity contribution is 5.78. The largest absolute Gasteiger partial charge is 0.496 e. The zero-order valence-electron chi connectivity index (χ0n) is 5.63. The molecule has 1 aromatic rings. The minimum atomic E-state index is 0.532. The van der Waals surface area contributed by atoms with E-state index in [0.29, 0.717) is 11.3 Å². The van der Waals surface area contributed by atoms with Gasteiger partial charge in [-0.2, -0.15) is 0 Å². The molecule has 0 amide bonds. The van der Waals surface area contributed by atoms with Gasteiger partial charge in [0.15, 0.2) is 6.29 Å². The number of methoxy groups -OCH3 is 1. The van der Waals surface area contributed by atoms with Crippen molar-refractivity contribution in [3.05, 3.63) is 29.8 Å². The highest BCUT2D eigenvalue weighted by Gasteiger charge is 1.96. The van der Waals surface area contributed by atoms with Crippen LogP contribution in [-0.4, -0.2) is 13.4 Å². The van der Waals surface area contributed by atoms with E-state index in [2.05, 4.69) is 6.07 Å². The van der Waals surface area contributed by atoms with Gasteiger partial charge in [0.05, 0.1) is 12.7 Å². The number of hydrogen-bond donors (Lipinski definition) is 0. The molecule has 0 atom stereocenters. The van der Waals surface area contributed by atoms with Crippen LogP contribution in [0.15, 0.2) is 18.2 Å². The standard InChI is InChI=1S/C8H7O2/c1-10-8-5-3-2-4-7(8)6-9/h3-6H,1H3.